The minimum Gasteiger partial charge on any atom is -0.379 e. The van der Waals surface area contributed by atoms with Gasteiger partial charge in [-0.2, -0.15) is 9.50 Å². The molecule has 0 bridgehead atoms. The Morgan fingerprint density at radius 3 is 3.00 bits per heavy atom. The fourth-order valence-corrected chi connectivity index (χ4v) is 2.40. The molecule has 2 aromatic rings. The maximum absolute atomic E-state index is 5.62. The predicted molar refractivity (Wildman–Crippen MR) is 77.8 cm³/mol. The lowest BCUT2D eigenvalue weighted by molar-refractivity contribution is 0.0378. The smallest absolute Gasteiger partial charge is 0.240 e. The number of rotatable bonds is 5. The van der Waals surface area contributed by atoms with Crippen molar-refractivity contribution in [2.24, 2.45) is 0 Å². The number of hydrogen-bond acceptors (Lipinski definition) is 6. The summed E-state index contributed by atoms with van der Waals surface area (Å²) in [5, 5.41) is 7.56. The molecule has 3 rings (SSSR count). The Morgan fingerprint density at radius 1 is 1.30 bits per heavy atom. The molecular formula is C13H20N6O. The molecule has 1 aliphatic heterocycles. The number of ether oxygens (including phenoxy) is 1. The molecule has 1 saturated heterocycles. The number of morpholine rings is 1. The normalized spacial score (nSPS) is 16.6. The van der Waals surface area contributed by atoms with E-state index in [1.165, 1.54) is 0 Å². The van der Waals surface area contributed by atoms with Gasteiger partial charge in [-0.25, -0.2) is 0 Å². The van der Waals surface area contributed by atoms with Crippen LogP contribution in [0.1, 0.15) is 6.42 Å². The van der Waals surface area contributed by atoms with Gasteiger partial charge in [-0.3, -0.25) is 4.90 Å². The zero-order valence-corrected chi connectivity index (χ0v) is 11.5. The lowest BCUT2D eigenvalue weighted by Gasteiger charge is -2.26. The van der Waals surface area contributed by atoms with Crippen molar-refractivity contribution in [1.29, 1.82) is 0 Å². The van der Waals surface area contributed by atoms with E-state index in [1.54, 1.807) is 4.52 Å². The lowest BCUT2D eigenvalue weighted by Crippen LogP contribution is -2.37. The molecule has 3 heterocycles. The standard InChI is InChI=1S/C13H20N6O/c14-13-16-12-4-1-3-11(19(12)17-13)15-5-2-6-18-7-9-20-10-8-18/h1,3-4,15H,2,5-10H2,(H2,14,17). The summed E-state index contributed by atoms with van der Waals surface area (Å²) in [5.74, 6) is 1.22. The first-order valence-corrected chi connectivity index (χ1v) is 6.98. The van der Waals surface area contributed by atoms with Gasteiger partial charge < -0.3 is 15.8 Å². The number of pyridine rings is 1. The van der Waals surface area contributed by atoms with E-state index in [4.69, 9.17) is 10.5 Å². The molecule has 0 aliphatic carbocycles. The van der Waals surface area contributed by atoms with Crippen molar-refractivity contribution in [1.82, 2.24) is 19.5 Å². The van der Waals surface area contributed by atoms with Gasteiger partial charge in [0.2, 0.25) is 5.95 Å². The van der Waals surface area contributed by atoms with Gasteiger partial charge in [0.1, 0.15) is 5.82 Å². The van der Waals surface area contributed by atoms with Crippen LogP contribution in [0.15, 0.2) is 18.2 Å². The van der Waals surface area contributed by atoms with Gasteiger partial charge in [-0.05, 0) is 25.1 Å². The first-order valence-electron chi connectivity index (χ1n) is 6.98. The molecule has 0 atom stereocenters. The fourth-order valence-electron chi connectivity index (χ4n) is 2.40. The molecule has 0 spiro atoms. The molecule has 108 valence electrons. The molecule has 0 saturated carbocycles. The second-order valence-electron chi connectivity index (χ2n) is 4.89. The number of anilines is 2. The van der Waals surface area contributed by atoms with E-state index in [2.05, 4.69) is 20.3 Å². The van der Waals surface area contributed by atoms with Crippen molar-refractivity contribution in [3.05, 3.63) is 18.2 Å². The summed E-state index contributed by atoms with van der Waals surface area (Å²) < 4.78 is 7.08. The summed E-state index contributed by atoms with van der Waals surface area (Å²) in [4.78, 5) is 6.57. The SMILES string of the molecule is Nc1nc2cccc(NCCCN3CCOCC3)n2n1. The van der Waals surface area contributed by atoms with E-state index in [0.717, 1.165) is 57.3 Å². The molecule has 1 fully saturated rings. The van der Waals surface area contributed by atoms with Crippen LogP contribution in [0.5, 0.6) is 0 Å². The average molecular weight is 276 g/mol. The zero-order valence-electron chi connectivity index (χ0n) is 11.5. The van der Waals surface area contributed by atoms with Gasteiger partial charge in [0.15, 0.2) is 5.65 Å². The third-order valence-electron chi connectivity index (χ3n) is 3.44. The Hall–Kier alpha value is -1.86. The topological polar surface area (TPSA) is 80.7 Å². The highest BCUT2D eigenvalue weighted by Crippen LogP contribution is 2.11. The van der Waals surface area contributed by atoms with E-state index in [9.17, 15) is 0 Å². The molecular weight excluding hydrogens is 256 g/mol. The van der Waals surface area contributed by atoms with Crippen molar-refractivity contribution in [3.63, 3.8) is 0 Å². The van der Waals surface area contributed by atoms with Crippen LogP contribution in [0.3, 0.4) is 0 Å². The Balaban J connectivity index is 1.52. The molecule has 0 radical (unpaired) electrons. The summed E-state index contributed by atoms with van der Waals surface area (Å²) in [6.45, 7) is 5.77. The first kappa shape index (κ1) is 13.1. The van der Waals surface area contributed by atoms with E-state index >= 15 is 0 Å². The second kappa shape index (κ2) is 6.06. The summed E-state index contributed by atoms with van der Waals surface area (Å²) >= 11 is 0. The van der Waals surface area contributed by atoms with Crippen molar-refractivity contribution < 1.29 is 4.74 Å². The average Bonchev–Trinajstić information content (AvgIpc) is 2.86. The van der Waals surface area contributed by atoms with Crippen molar-refractivity contribution in [3.8, 4) is 0 Å². The van der Waals surface area contributed by atoms with Crippen molar-refractivity contribution in [2.75, 3.05) is 50.4 Å². The van der Waals surface area contributed by atoms with E-state index in [-0.39, 0.29) is 0 Å². The van der Waals surface area contributed by atoms with E-state index in [1.807, 2.05) is 18.2 Å². The zero-order chi connectivity index (χ0) is 13.8. The molecule has 1 aliphatic rings. The summed E-state index contributed by atoms with van der Waals surface area (Å²) in [6, 6.07) is 5.83. The highest BCUT2D eigenvalue weighted by molar-refractivity contribution is 5.50. The summed E-state index contributed by atoms with van der Waals surface area (Å²) in [6.07, 6.45) is 1.08. The van der Waals surface area contributed by atoms with Crippen molar-refractivity contribution in [2.45, 2.75) is 6.42 Å². The lowest BCUT2D eigenvalue weighted by atomic mass is 10.3. The van der Waals surface area contributed by atoms with Crippen LogP contribution in [0.25, 0.3) is 5.65 Å². The van der Waals surface area contributed by atoms with Crippen LogP contribution in [-0.4, -0.2) is 58.9 Å². The van der Waals surface area contributed by atoms with Crippen LogP contribution >= 0.6 is 0 Å². The molecule has 0 aromatic carbocycles. The minimum atomic E-state index is 0.299. The summed E-state index contributed by atoms with van der Waals surface area (Å²) in [5.41, 5.74) is 6.39. The van der Waals surface area contributed by atoms with Crippen LogP contribution in [-0.2, 0) is 4.74 Å². The number of nitrogen functional groups attached to an aromatic ring is 1. The van der Waals surface area contributed by atoms with Crippen LogP contribution in [0.2, 0.25) is 0 Å². The Kier molecular flexibility index (Phi) is 3.98. The van der Waals surface area contributed by atoms with Gasteiger partial charge in [0.05, 0.1) is 13.2 Å². The summed E-state index contributed by atoms with van der Waals surface area (Å²) in [7, 11) is 0. The number of hydrogen-bond donors (Lipinski definition) is 2. The number of nitrogens with two attached hydrogens (primary N) is 1. The predicted octanol–water partition coefficient (Wildman–Crippen LogP) is 0.446. The molecule has 0 amide bonds. The highest BCUT2D eigenvalue weighted by Gasteiger charge is 2.09. The van der Waals surface area contributed by atoms with Gasteiger partial charge >= 0.3 is 0 Å². The van der Waals surface area contributed by atoms with Gasteiger partial charge in [-0.15, -0.1) is 5.10 Å². The van der Waals surface area contributed by atoms with Crippen LogP contribution in [0, 0.1) is 0 Å². The first-order chi connectivity index (χ1) is 9.83. The van der Waals surface area contributed by atoms with E-state index in [0.29, 0.717) is 5.95 Å². The Bertz CT molecular complexity index is 563. The van der Waals surface area contributed by atoms with E-state index < -0.39 is 0 Å². The van der Waals surface area contributed by atoms with Crippen LogP contribution in [0.4, 0.5) is 11.8 Å². The minimum absolute atomic E-state index is 0.299. The third-order valence-corrected chi connectivity index (χ3v) is 3.44. The number of nitrogens with zero attached hydrogens (tertiary/aromatic N) is 4. The maximum atomic E-state index is 5.62. The Morgan fingerprint density at radius 2 is 2.15 bits per heavy atom. The number of fused-ring (bicyclic) bond motifs is 1. The van der Waals surface area contributed by atoms with Gasteiger partial charge in [-0.1, -0.05) is 6.07 Å². The highest BCUT2D eigenvalue weighted by atomic mass is 16.5. The number of nitrogens with one attached hydrogen (secondary N) is 1. The van der Waals surface area contributed by atoms with Gasteiger partial charge in [0, 0.05) is 19.6 Å². The van der Waals surface area contributed by atoms with Crippen LogP contribution < -0.4 is 11.1 Å². The third kappa shape index (κ3) is 3.00. The Labute approximate surface area is 117 Å². The second-order valence-corrected chi connectivity index (χ2v) is 4.89. The molecule has 20 heavy (non-hydrogen) atoms. The van der Waals surface area contributed by atoms with Gasteiger partial charge in [0.25, 0.3) is 0 Å². The largest absolute Gasteiger partial charge is 0.379 e. The molecule has 3 N–H and O–H groups in total. The molecule has 2 aromatic heterocycles. The molecule has 7 nitrogen and oxygen atoms in total. The monoisotopic (exact) mass is 276 g/mol. The maximum Gasteiger partial charge on any atom is 0.240 e. The quantitative estimate of drug-likeness (QED) is 0.772. The molecule has 0 unspecified atom stereocenters. The molecule has 7 heteroatoms. The van der Waals surface area contributed by atoms with Crippen molar-refractivity contribution >= 4 is 17.4 Å². The fraction of sp³-hybridized carbons (Fsp3) is 0.538. The number of aromatic nitrogens is 3.